The van der Waals surface area contributed by atoms with E-state index in [1.165, 1.54) is 0 Å². The number of aryl methyl sites for hydroxylation is 1. The molecule has 4 nitrogen and oxygen atoms in total. The molecule has 21 heavy (non-hydrogen) atoms. The number of fused-ring (bicyclic) bond motifs is 1. The number of nitrogens with zero attached hydrogens (tertiary/aromatic N) is 2. The molecular weight excluding hydrogens is 284 g/mol. The van der Waals surface area contributed by atoms with Crippen molar-refractivity contribution in [3.63, 3.8) is 0 Å². The SMILES string of the molecule is CCc1nnsc1C(=O)OCc1cccc2ccccc12. The van der Waals surface area contributed by atoms with Crippen molar-refractivity contribution < 1.29 is 9.53 Å². The largest absolute Gasteiger partial charge is 0.457 e. The minimum absolute atomic E-state index is 0.251. The van der Waals surface area contributed by atoms with Crippen LogP contribution in [0.1, 0.15) is 27.9 Å². The Labute approximate surface area is 126 Å². The molecule has 1 aromatic heterocycles. The average Bonchev–Trinajstić information content (AvgIpc) is 3.01. The Balaban J connectivity index is 1.79. The molecule has 106 valence electrons. The number of aromatic nitrogens is 2. The van der Waals surface area contributed by atoms with Crippen molar-refractivity contribution in [2.24, 2.45) is 0 Å². The van der Waals surface area contributed by atoms with Gasteiger partial charge in [0.2, 0.25) is 0 Å². The summed E-state index contributed by atoms with van der Waals surface area (Å²) in [5.74, 6) is -0.352. The van der Waals surface area contributed by atoms with E-state index in [-0.39, 0.29) is 12.6 Å². The van der Waals surface area contributed by atoms with E-state index in [4.69, 9.17) is 4.74 Å². The predicted molar refractivity (Wildman–Crippen MR) is 82.4 cm³/mol. The smallest absolute Gasteiger partial charge is 0.352 e. The number of hydrogen-bond donors (Lipinski definition) is 0. The second-order valence-corrected chi connectivity index (χ2v) is 5.37. The molecule has 3 aromatic rings. The van der Waals surface area contributed by atoms with Gasteiger partial charge < -0.3 is 4.74 Å². The lowest BCUT2D eigenvalue weighted by Gasteiger charge is -2.07. The van der Waals surface area contributed by atoms with Gasteiger partial charge in [0, 0.05) is 0 Å². The summed E-state index contributed by atoms with van der Waals surface area (Å²) in [7, 11) is 0. The van der Waals surface area contributed by atoms with Gasteiger partial charge in [0.15, 0.2) is 4.88 Å². The van der Waals surface area contributed by atoms with E-state index < -0.39 is 0 Å². The van der Waals surface area contributed by atoms with Crippen LogP contribution in [0.15, 0.2) is 42.5 Å². The van der Waals surface area contributed by atoms with Gasteiger partial charge in [-0.15, -0.1) is 5.10 Å². The predicted octanol–water partition coefficient (Wildman–Crippen LogP) is 3.61. The number of hydrogen-bond acceptors (Lipinski definition) is 5. The molecule has 3 rings (SSSR count). The Bertz CT molecular complexity index is 777. The van der Waals surface area contributed by atoms with Crippen LogP contribution in [0.5, 0.6) is 0 Å². The quantitative estimate of drug-likeness (QED) is 0.690. The molecule has 0 amide bonds. The molecule has 0 unspecified atom stereocenters. The minimum atomic E-state index is -0.352. The molecule has 0 saturated carbocycles. The molecular formula is C16H14N2O2S. The Kier molecular flexibility index (Phi) is 3.92. The lowest BCUT2D eigenvalue weighted by atomic mass is 10.1. The number of rotatable bonds is 4. The fourth-order valence-corrected chi connectivity index (χ4v) is 2.87. The lowest BCUT2D eigenvalue weighted by Crippen LogP contribution is -2.06. The first-order valence-corrected chi connectivity index (χ1v) is 7.52. The second kappa shape index (κ2) is 6.01. The average molecular weight is 298 g/mol. The number of benzene rings is 2. The van der Waals surface area contributed by atoms with E-state index in [2.05, 4.69) is 9.59 Å². The monoisotopic (exact) mass is 298 g/mol. The molecule has 0 aliphatic heterocycles. The fraction of sp³-hybridized carbons (Fsp3) is 0.188. The van der Waals surface area contributed by atoms with Gasteiger partial charge in [-0.25, -0.2) is 4.79 Å². The third-order valence-electron chi connectivity index (χ3n) is 3.31. The van der Waals surface area contributed by atoms with Crippen molar-refractivity contribution in [2.45, 2.75) is 20.0 Å². The number of esters is 1. The first-order valence-electron chi connectivity index (χ1n) is 6.74. The van der Waals surface area contributed by atoms with Crippen molar-refractivity contribution in [3.05, 3.63) is 58.6 Å². The highest BCUT2D eigenvalue weighted by molar-refractivity contribution is 7.07. The third-order valence-corrected chi connectivity index (χ3v) is 4.06. The Morgan fingerprint density at radius 3 is 2.86 bits per heavy atom. The van der Waals surface area contributed by atoms with Crippen LogP contribution in [-0.4, -0.2) is 15.6 Å². The van der Waals surface area contributed by atoms with Crippen molar-refractivity contribution in [1.29, 1.82) is 0 Å². The van der Waals surface area contributed by atoms with Gasteiger partial charge in [-0.05, 0) is 34.3 Å². The van der Waals surface area contributed by atoms with Gasteiger partial charge in [-0.2, -0.15) is 0 Å². The van der Waals surface area contributed by atoms with Crippen LogP contribution < -0.4 is 0 Å². The normalized spacial score (nSPS) is 10.7. The molecule has 2 aromatic carbocycles. The maximum Gasteiger partial charge on any atom is 0.352 e. The van der Waals surface area contributed by atoms with Crippen molar-refractivity contribution >= 4 is 28.3 Å². The van der Waals surface area contributed by atoms with E-state index in [9.17, 15) is 4.79 Å². The zero-order valence-corrected chi connectivity index (χ0v) is 12.4. The van der Waals surface area contributed by atoms with Crippen molar-refractivity contribution in [3.8, 4) is 0 Å². The Hall–Kier alpha value is -2.27. The summed E-state index contributed by atoms with van der Waals surface area (Å²) in [4.78, 5) is 12.6. The van der Waals surface area contributed by atoms with E-state index in [1.807, 2.05) is 49.4 Å². The van der Waals surface area contributed by atoms with Gasteiger partial charge >= 0.3 is 5.97 Å². The molecule has 0 saturated heterocycles. The summed E-state index contributed by atoms with van der Waals surface area (Å²) < 4.78 is 9.22. The molecule has 0 spiro atoms. The van der Waals surface area contributed by atoms with Crippen LogP contribution in [0.4, 0.5) is 0 Å². The summed E-state index contributed by atoms with van der Waals surface area (Å²) in [5, 5.41) is 6.17. The zero-order valence-electron chi connectivity index (χ0n) is 11.6. The molecule has 0 bridgehead atoms. The van der Waals surface area contributed by atoms with Crippen molar-refractivity contribution in [2.75, 3.05) is 0 Å². The lowest BCUT2D eigenvalue weighted by molar-refractivity contribution is 0.0478. The highest BCUT2D eigenvalue weighted by Gasteiger charge is 2.16. The van der Waals surface area contributed by atoms with Gasteiger partial charge in [0.05, 0.1) is 5.69 Å². The topological polar surface area (TPSA) is 52.1 Å². The fourth-order valence-electron chi connectivity index (χ4n) is 2.22. The molecule has 0 aliphatic carbocycles. The first kappa shape index (κ1) is 13.7. The minimum Gasteiger partial charge on any atom is -0.457 e. The van der Waals surface area contributed by atoms with E-state index >= 15 is 0 Å². The van der Waals surface area contributed by atoms with Crippen LogP contribution in [-0.2, 0) is 17.8 Å². The first-order chi connectivity index (χ1) is 10.3. The summed E-state index contributed by atoms with van der Waals surface area (Å²) in [6.45, 7) is 2.19. The van der Waals surface area contributed by atoms with Gasteiger partial charge in [-0.1, -0.05) is 53.9 Å². The van der Waals surface area contributed by atoms with E-state index in [1.54, 1.807) is 0 Å². The molecule has 0 fully saturated rings. The number of carbonyl (C=O) groups is 1. The maximum atomic E-state index is 12.1. The Morgan fingerprint density at radius 1 is 1.19 bits per heavy atom. The van der Waals surface area contributed by atoms with Crippen LogP contribution >= 0.6 is 11.5 Å². The van der Waals surface area contributed by atoms with Crippen LogP contribution in [0.2, 0.25) is 0 Å². The number of carbonyl (C=O) groups excluding carboxylic acids is 1. The second-order valence-electron chi connectivity index (χ2n) is 4.62. The molecule has 1 heterocycles. The summed E-state index contributed by atoms with van der Waals surface area (Å²) in [5.41, 5.74) is 1.69. The van der Waals surface area contributed by atoms with Gasteiger partial charge in [-0.3, -0.25) is 0 Å². The molecule has 0 radical (unpaired) electrons. The standard InChI is InChI=1S/C16H14N2O2S/c1-2-14-15(21-18-17-14)16(19)20-10-12-8-5-7-11-6-3-4-9-13(11)12/h3-9H,2,10H2,1H3. The molecule has 0 N–H and O–H groups in total. The Morgan fingerprint density at radius 2 is 2.00 bits per heavy atom. The van der Waals surface area contributed by atoms with Gasteiger partial charge in [0.1, 0.15) is 6.61 Å². The van der Waals surface area contributed by atoms with E-state index in [0.717, 1.165) is 27.9 Å². The summed E-state index contributed by atoms with van der Waals surface area (Å²) in [6, 6.07) is 14.0. The summed E-state index contributed by atoms with van der Waals surface area (Å²) >= 11 is 1.09. The molecule has 0 aliphatic rings. The third kappa shape index (κ3) is 2.78. The molecule has 0 atom stereocenters. The van der Waals surface area contributed by atoms with E-state index in [0.29, 0.717) is 17.0 Å². The van der Waals surface area contributed by atoms with Crippen LogP contribution in [0, 0.1) is 0 Å². The van der Waals surface area contributed by atoms with Crippen LogP contribution in [0.3, 0.4) is 0 Å². The molecule has 5 heteroatoms. The maximum absolute atomic E-state index is 12.1. The highest BCUT2D eigenvalue weighted by atomic mass is 32.1. The summed E-state index contributed by atoms with van der Waals surface area (Å²) in [6.07, 6.45) is 0.676. The number of ether oxygens (including phenoxy) is 1. The van der Waals surface area contributed by atoms with Crippen molar-refractivity contribution in [1.82, 2.24) is 9.59 Å². The van der Waals surface area contributed by atoms with Crippen LogP contribution in [0.25, 0.3) is 10.8 Å². The highest BCUT2D eigenvalue weighted by Crippen LogP contribution is 2.20. The zero-order chi connectivity index (χ0) is 14.7. The van der Waals surface area contributed by atoms with Gasteiger partial charge in [0.25, 0.3) is 0 Å².